The molecule has 2 rings (SSSR count). The summed E-state index contributed by atoms with van der Waals surface area (Å²) in [7, 11) is 0. The number of aromatic hydroxyl groups is 2. The Kier molecular flexibility index (Phi) is 5.58. The highest BCUT2D eigenvalue weighted by atomic mass is 16.3. The van der Waals surface area contributed by atoms with Crippen LogP contribution >= 0.6 is 0 Å². The number of phenolic OH excluding ortho intramolecular Hbond substituents is 2. The number of rotatable bonds is 5. The van der Waals surface area contributed by atoms with Crippen LogP contribution in [0.3, 0.4) is 0 Å². The van der Waals surface area contributed by atoms with Crippen molar-refractivity contribution in [1.82, 2.24) is 5.32 Å². The standard InChI is InChI=1S/C19H18N2O3/c1-13(9-14-5-3-2-4-6-14)21-19(24)16(12-20)10-15-7-8-17(22)18(23)11-15/h2-8,10-11,13,22-23H,9H2,1H3,(H,21,24). The maximum Gasteiger partial charge on any atom is 0.262 e. The van der Waals surface area contributed by atoms with E-state index >= 15 is 0 Å². The summed E-state index contributed by atoms with van der Waals surface area (Å²) < 4.78 is 0. The van der Waals surface area contributed by atoms with E-state index in [1.165, 1.54) is 24.3 Å². The number of nitrogens with one attached hydrogen (secondary N) is 1. The Morgan fingerprint density at radius 2 is 1.92 bits per heavy atom. The van der Waals surface area contributed by atoms with Gasteiger partial charge in [-0.15, -0.1) is 0 Å². The summed E-state index contributed by atoms with van der Waals surface area (Å²) >= 11 is 0. The Bertz CT molecular complexity index is 792. The molecule has 5 heteroatoms. The molecule has 2 aromatic rings. The first-order valence-corrected chi connectivity index (χ1v) is 7.48. The van der Waals surface area contributed by atoms with Gasteiger partial charge in [-0.05, 0) is 42.7 Å². The van der Waals surface area contributed by atoms with Crippen LogP contribution < -0.4 is 5.32 Å². The second-order valence-corrected chi connectivity index (χ2v) is 5.48. The third kappa shape index (κ3) is 4.62. The monoisotopic (exact) mass is 322 g/mol. The van der Waals surface area contributed by atoms with E-state index in [4.69, 9.17) is 0 Å². The zero-order valence-corrected chi connectivity index (χ0v) is 13.2. The summed E-state index contributed by atoms with van der Waals surface area (Å²) in [6.45, 7) is 1.87. The van der Waals surface area contributed by atoms with E-state index in [0.29, 0.717) is 12.0 Å². The third-order valence-corrected chi connectivity index (χ3v) is 3.44. The summed E-state index contributed by atoms with van der Waals surface area (Å²) in [5.74, 6) is -1.04. The van der Waals surface area contributed by atoms with Gasteiger partial charge in [-0.1, -0.05) is 36.4 Å². The minimum absolute atomic E-state index is 0.0694. The molecule has 0 bridgehead atoms. The van der Waals surface area contributed by atoms with Gasteiger partial charge in [0.15, 0.2) is 11.5 Å². The van der Waals surface area contributed by atoms with Gasteiger partial charge in [-0.2, -0.15) is 5.26 Å². The molecule has 0 aliphatic heterocycles. The topological polar surface area (TPSA) is 93.4 Å². The van der Waals surface area contributed by atoms with Gasteiger partial charge in [0, 0.05) is 6.04 Å². The lowest BCUT2D eigenvalue weighted by Gasteiger charge is -2.13. The molecule has 1 unspecified atom stereocenters. The molecule has 0 aliphatic rings. The van der Waals surface area contributed by atoms with Crippen molar-refractivity contribution in [3.05, 3.63) is 65.2 Å². The maximum atomic E-state index is 12.2. The smallest absolute Gasteiger partial charge is 0.262 e. The lowest BCUT2D eigenvalue weighted by atomic mass is 10.1. The molecule has 0 spiro atoms. The summed E-state index contributed by atoms with van der Waals surface area (Å²) in [5, 5.41) is 30.7. The fourth-order valence-corrected chi connectivity index (χ4v) is 2.27. The maximum absolute atomic E-state index is 12.2. The van der Waals surface area contributed by atoms with Gasteiger partial charge in [-0.25, -0.2) is 0 Å². The minimum atomic E-state index is -0.478. The van der Waals surface area contributed by atoms with Gasteiger partial charge in [-0.3, -0.25) is 4.79 Å². The van der Waals surface area contributed by atoms with Gasteiger partial charge in [0.1, 0.15) is 11.6 Å². The molecule has 3 N–H and O–H groups in total. The second-order valence-electron chi connectivity index (χ2n) is 5.48. The van der Waals surface area contributed by atoms with Gasteiger partial charge < -0.3 is 15.5 Å². The van der Waals surface area contributed by atoms with E-state index in [0.717, 1.165) is 5.56 Å². The van der Waals surface area contributed by atoms with E-state index in [1.807, 2.05) is 43.3 Å². The van der Waals surface area contributed by atoms with Crippen LogP contribution in [0.2, 0.25) is 0 Å². The van der Waals surface area contributed by atoms with Crippen molar-refractivity contribution in [2.24, 2.45) is 0 Å². The van der Waals surface area contributed by atoms with Gasteiger partial charge in [0.2, 0.25) is 0 Å². The van der Waals surface area contributed by atoms with Crippen LogP contribution in [0.25, 0.3) is 6.08 Å². The number of hydrogen-bond donors (Lipinski definition) is 3. The minimum Gasteiger partial charge on any atom is -0.504 e. The summed E-state index contributed by atoms with van der Waals surface area (Å²) in [6, 6.07) is 15.6. The summed E-state index contributed by atoms with van der Waals surface area (Å²) in [6.07, 6.45) is 2.02. The van der Waals surface area contributed by atoms with Crippen LogP contribution in [0.1, 0.15) is 18.1 Å². The Hall–Kier alpha value is -3.26. The van der Waals surface area contributed by atoms with E-state index < -0.39 is 5.91 Å². The van der Waals surface area contributed by atoms with Gasteiger partial charge >= 0.3 is 0 Å². The lowest BCUT2D eigenvalue weighted by molar-refractivity contribution is -0.117. The average molecular weight is 322 g/mol. The molecule has 1 atom stereocenters. The van der Waals surface area contributed by atoms with Crippen molar-refractivity contribution >= 4 is 12.0 Å². The molecule has 24 heavy (non-hydrogen) atoms. The van der Waals surface area contributed by atoms with E-state index in [1.54, 1.807) is 0 Å². The quantitative estimate of drug-likeness (QED) is 0.448. The second kappa shape index (κ2) is 7.84. The molecule has 0 fully saturated rings. The number of carbonyl (C=O) groups excluding carboxylic acids is 1. The lowest BCUT2D eigenvalue weighted by Crippen LogP contribution is -2.34. The molecule has 0 aromatic heterocycles. The number of nitrogens with zero attached hydrogens (tertiary/aromatic N) is 1. The SMILES string of the molecule is CC(Cc1ccccc1)NC(=O)C(C#N)=Cc1ccc(O)c(O)c1. The molecule has 0 aliphatic carbocycles. The van der Waals surface area contributed by atoms with Crippen molar-refractivity contribution in [1.29, 1.82) is 5.26 Å². The molecule has 0 radical (unpaired) electrons. The van der Waals surface area contributed by atoms with Crippen molar-refractivity contribution in [2.45, 2.75) is 19.4 Å². The van der Waals surface area contributed by atoms with Gasteiger partial charge in [0.25, 0.3) is 5.91 Å². The Morgan fingerprint density at radius 1 is 1.21 bits per heavy atom. The number of amides is 1. The zero-order valence-electron chi connectivity index (χ0n) is 13.2. The molecular weight excluding hydrogens is 304 g/mol. The number of phenols is 2. The number of benzene rings is 2. The molecular formula is C19H18N2O3. The Morgan fingerprint density at radius 3 is 2.54 bits per heavy atom. The van der Waals surface area contributed by atoms with Crippen LogP contribution in [0.5, 0.6) is 11.5 Å². The molecule has 122 valence electrons. The van der Waals surface area contributed by atoms with E-state index in [9.17, 15) is 20.3 Å². The number of carbonyl (C=O) groups is 1. The molecule has 0 saturated heterocycles. The summed E-state index contributed by atoms with van der Waals surface area (Å²) in [5.41, 5.74) is 1.48. The first-order valence-electron chi connectivity index (χ1n) is 7.48. The first-order chi connectivity index (χ1) is 11.5. The Balaban J connectivity index is 2.07. The van der Waals surface area contributed by atoms with E-state index in [-0.39, 0.29) is 23.1 Å². The molecule has 0 saturated carbocycles. The molecule has 5 nitrogen and oxygen atoms in total. The highest BCUT2D eigenvalue weighted by Gasteiger charge is 2.13. The van der Waals surface area contributed by atoms with Crippen LogP contribution in [0, 0.1) is 11.3 Å². The highest BCUT2D eigenvalue weighted by Crippen LogP contribution is 2.25. The summed E-state index contributed by atoms with van der Waals surface area (Å²) in [4.78, 5) is 12.2. The fourth-order valence-electron chi connectivity index (χ4n) is 2.27. The predicted molar refractivity (Wildman–Crippen MR) is 91.1 cm³/mol. The Labute approximate surface area is 140 Å². The highest BCUT2D eigenvalue weighted by molar-refractivity contribution is 6.01. The molecule has 1 amide bonds. The van der Waals surface area contributed by atoms with E-state index in [2.05, 4.69) is 5.32 Å². The normalized spacial score (nSPS) is 12.2. The van der Waals surface area contributed by atoms with Crippen LogP contribution in [0.15, 0.2) is 54.1 Å². The molecule has 2 aromatic carbocycles. The predicted octanol–water partition coefficient (Wildman–Crippen LogP) is 2.75. The van der Waals surface area contributed by atoms with Crippen molar-refractivity contribution < 1.29 is 15.0 Å². The molecule has 0 heterocycles. The number of nitriles is 1. The van der Waals surface area contributed by atoms with Crippen LogP contribution in [0.4, 0.5) is 0 Å². The van der Waals surface area contributed by atoms with Crippen LogP contribution in [-0.2, 0) is 11.2 Å². The van der Waals surface area contributed by atoms with Crippen molar-refractivity contribution in [3.8, 4) is 17.6 Å². The van der Waals surface area contributed by atoms with Crippen LogP contribution in [-0.4, -0.2) is 22.2 Å². The third-order valence-electron chi connectivity index (χ3n) is 3.44. The zero-order chi connectivity index (χ0) is 17.5. The van der Waals surface area contributed by atoms with Gasteiger partial charge in [0.05, 0.1) is 0 Å². The fraction of sp³-hybridized carbons (Fsp3) is 0.158. The first kappa shape index (κ1) is 17.1. The largest absolute Gasteiger partial charge is 0.504 e. The van der Waals surface area contributed by atoms with Crippen molar-refractivity contribution in [2.75, 3.05) is 0 Å². The number of hydrogen-bond acceptors (Lipinski definition) is 4. The average Bonchev–Trinajstić information content (AvgIpc) is 2.56. The van der Waals surface area contributed by atoms with Crippen molar-refractivity contribution in [3.63, 3.8) is 0 Å².